The Balaban J connectivity index is 0.000000852. The molecule has 0 aliphatic carbocycles. The summed E-state index contributed by atoms with van der Waals surface area (Å²) in [4.78, 5) is 39.2. The molecular formula is C25H36N2O5S2. The Bertz CT molecular complexity index is 885. The van der Waals surface area contributed by atoms with Gasteiger partial charge in [-0.1, -0.05) is 46.6 Å². The van der Waals surface area contributed by atoms with E-state index in [4.69, 9.17) is 24.8 Å². The number of ketones is 1. The summed E-state index contributed by atoms with van der Waals surface area (Å²) in [5.41, 5.74) is 1.81. The van der Waals surface area contributed by atoms with Crippen molar-refractivity contribution < 1.29 is 24.6 Å². The molecule has 0 bridgehead atoms. The zero-order valence-electron chi connectivity index (χ0n) is 20.5. The molecule has 0 saturated carbocycles. The first-order valence-corrected chi connectivity index (χ1v) is 13.5. The van der Waals surface area contributed by atoms with Crippen LogP contribution in [0.2, 0.25) is 0 Å². The number of carboxylic acid groups (broad SMARTS) is 2. The predicted octanol–water partition coefficient (Wildman–Crippen LogP) is 5.65. The third-order valence-corrected chi connectivity index (χ3v) is 7.09. The van der Waals surface area contributed by atoms with E-state index in [-0.39, 0.29) is 5.78 Å². The molecule has 2 rings (SSSR count). The average molecular weight is 509 g/mol. The Morgan fingerprint density at radius 3 is 2.18 bits per heavy atom. The molecule has 0 spiro atoms. The second-order valence-corrected chi connectivity index (χ2v) is 9.98. The van der Waals surface area contributed by atoms with Gasteiger partial charge in [0.25, 0.3) is 0 Å². The van der Waals surface area contributed by atoms with E-state index in [1.807, 2.05) is 29.6 Å². The van der Waals surface area contributed by atoms with E-state index in [0.717, 1.165) is 40.0 Å². The van der Waals surface area contributed by atoms with E-state index >= 15 is 0 Å². The van der Waals surface area contributed by atoms with Gasteiger partial charge in [-0.25, -0.2) is 14.6 Å². The molecule has 0 aliphatic rings. The number of pyridine rings is 1. The number of hydrogen-bond donors (Lipinski definition) is 2. The largest absolute Gasteiger partial charge is 0.473 e. The van der Waals surface area contributed by atoms with Gasteiger partial charge in [-0.2, -0.15) is 0 Å². The molecule has 188 valence electrons. The SMILES string of the molecule is CCN(CC)CCCCCCSc1nc(C(C)C)ccc1C(=O)c1cccs1.O=C(O)C(=O)O. The lowest BCUT2D eigenvalue weighted by Gasteiger charge is -2.17. The van der Waals surface area contributed by atoms with Crippen LogP contribution >= 0.6 is 23.1 Å². The fourth-order valence-electron chi connectivity index (χ4n) is 3.10. The minimum Gasteiger partial charge on any atom is -0.473 e. The fraction of sp³-hybridized carbons (Fsp3) is 0.520. The lowest BCUT2D eigenvalue weighted by Crippen LogP contribution is -2.23. The average Bonchev–Trinajstić information content (AvgIpc) is 3.35. The number of hydrogen-bond acceptors (Lipinski definition) is 7. The molecule has 7 nitrogen and oxygen atoms in total. The summed E-state index contributed by atoms with van der Waals surface area (Å²) in [6.07, 6.45) is 4.96. The first-order chi connectivity index (χ1) is 16.2. The lowest BCUT2D eigenvalue weighted by atomic mass is 10.1. The Kier molecular flexibility index (Phi) is 14.4. The molecule has 0 amide bonds. The van der Waals surface area contributed by atoms with Gasteiger partial charge in [0.05, 0.1) is 10.4 Å². The number of aromatic nitrogens is 1. The quantitative estimate of drug-likeness (QED) is 0.155. The topological polar surface area (TPSA) is 108 Å². The van der Waals surface area contributed by atoms with E-state index in [1.54, 1.807) is 11.8 Å². The van der Waals surface area contributed by atoms with Crippen LogP contribution in [0.25, 0.3) is 0 Å². The minimum atomic E-state index is -1.82. The number of carbonyl (C=O) groups excluding carboxylic acids is 1. The number of rotatable bonds is 13. The molecule has 0 aliphatic heterocycles. The molecule has 9 heteroatoms. The van der Waals surface area contributed by atoms with Crippen molar-refractivity contribution in [2.24, 2.45) is 0 Å². The number of aliphatic carboxylic acids is 2. The summed E-state index contributed by atoms with van der Waals surface area (Å²) in [6, 6.07) is 7.80. The van der Waals surface area contributed by atoms with Gasteiger partial charge in [-0.05, 0) is 67.7 Å². The van der Waals surface area contributed by atoms with E-state index in [0.29, 0.717) is 5.92 Å². The van der Waals surface area contributed by atoms with E-state index < -0.39 is 11.9 Å². The van der Waals surface area contributed by atoms with Gasteiger partial charge >= 0.3 is 11.9 Å². The molecule has 0 fully saturated rings. The molecule has 34 heavy (non-hydrogen) atoms. The van der Waals surface area contributed by atoms with Gasteiger partial charge in [0.1, 0.15) is 5.03 Å². The number of carboxylic acids is 2. The molecule has 0 unspecified atom stereocenters. The summed E-state index contributed by atoms with van der Waals surface area (Å²) in [5.74, 6) is -2.17. The second-order valence-electron chi connectivity index (χ2n) is 7.95. The van der Waals surface area contributed by atoms with Crippen molar-refractivity contribution in [2.75, 3.05) is 25.4 Å². The van der Waals surface area contributed by atoms with Crippen LogP contribution in [0.5, 0.6) is 0 Å². The lowest BCUT2D eigenvalue weighted by molar-refractivity contribution is -0.159. The van der Waals surface area contributed by atoms with Gasteiger partial charge in [0.15, 0.2) is 0 Å². The van der Waals surface area contributed by atoms with Gasteiger partial charge in [0.2, 0.25) is 5.78 Å². The molecule has 0 atom stereocenters. The first kappa shape index (κ1) is 29.8. The summed E-state index contributed by atoms with van der Waals surface area (Å²) in [7, 11) is 0. The van der Waals surface area contributed by atoms with Crippen LogP contribution in [-0.4, -0.2) is 63.2 Å². The molecule has 0 saturated heterocycles. The number of nitrogens with zero attached hydrogens (tertiary/aromatic N) is 2. The Morgan fingerprint density at radius 1 is 1.00 bits per heavy atom. The van der Waals surface area contributed by atoms with Crippen LogP contribution in [0.15, 0.2) is 34.7 Å². The summed E-state index contributed by atoms with van der Waals surface area (Å²) in [5, 5.41) is 17.6. The molecular weight excluding hydrogens is 472 g/mol. The highest BCUT2D eigenvalue weighted by Gasteiger charge is 2.17. The zero-order chi connectivity index (χ0) is 25.5. The monoisotopic (exact) mass is 508 g/mol. The third-order valence-electron chi connectivity index (χ3n) is 5.15. The van der Waals surface area contributed by atoms with Crippen molar-refractivity contribution in [3.8, 4) is 0 Å². The van der Waals surface area contributed by atoms with Crippen LogP contribution in [-0.2, 0) is 9.59 Å². The van der Waals surface area contributed by atoms with Crippen molar-refractivity contribution in [2.45, 2.75) is 64.3 Å². The van der Waals surface area contributed by atoms with Crippen LogP contribution in [0, 0.1) is 0 Å². The van der Waals surface area contributed by atoms with E-state index in [9.17, 15) is 4.79 Å². The van der Waals surface area contributed by atoms with E-state index in [1.165, 1.54) is 43.6 Å². The van der Waals surface area contributed by atoms with E-state index in [2.05, 4.69) is 32.6 Å². The summed E-state index contributed by atoms with van der Waals surface area (Å²) in [6.45, 7) is 12.2. The highest BCUT2D eigenvalue weighted by molar-refractivity contribution is 7.99. The standard InChI is InChI=1S/C23H34N2OS2.C2H2O4/c1-5-25(6-2)15-9-7-8-10-16-28-23-19(13-14-20(24-23)18(3)4)22(26)21-12-11-17-27-21;3-1(4)2(5)6/h11-14,17-18H,5-10,15-16H2,1-4H3;(H,3,4)(H,5,6). The van der Waals surface area contributed by atoms with Crippen molar-refractivity contribution >= 4 is 40.8 Å². The highest BCUT2D eigenvalue weighted by Crippen LogP contribution is 2.28. The molecule has 2 heterocycles. The smallest absolute Gasteiger partial charge is 0.414 e. The summed E-state index contributed by atoms with van der Waals surface area (Å²) >= 11 is 3.24. The maximum Gasteiger partial charge on any atom is 0.414 e. The molecule has 2 aromatic rings. The van der Waals surface area contributed by atoms with Gasteiger partial charge in [-0.15, -0.1) is 23.1 Å². The number of carbonyl (C=O) groups is 3. The van der Waals surface area contributed by atoms with Crippen molar-refractivity contribution in [1.29, 1.82) is 0 Å². The van der Waals surface area contributed by atoms with Crippen molar-refractivity contribution in [3.63, 3.8) is 0 Å². The molecule has 0 radical (unpaired) electrons. The predicted molar refractivity (Wildman–Crippen MR) is 138 cm³/mol. The van der Waals surface area contributed by atoms with Gasteiger partial charge in [0, 0.05) is 5.69 Å². The van der Waals surface area contributed by atoms with Crippen LogP contribution < -0.4 is 0 Å². The maximum absolute atomic E-state index is 12.9. The Morgan fingerprint density at radius 2 is 1.65 bits per heavy atom. The van der Waals surface area contributed by atoms with Crippen molar-refractivity contribution in [3.05, 3.63) is 45.8 Å². The van der Waals surface area contributed by atoms with Crippen LogP contribution in [0.4, 0.5) is 0 Å². The Labute approximate surface area is 210 Å². The Hall–Kier alpha value is -2.23. The van der Waals surface area contributed by atoms with Crippen molar-refractivity contribution in [1.82, 2.24) is 9.88 Å². The third kappa shape index (κ3) is 10.8. The normalized spacial score (nSPS) is 10.8. The molecule has 2 aromatic heterocycles. The minimum absolute atomic E-state index is 0.0968. The zero-order valence-corrected chi connectivity index (χ0v) is 22.1. The molecule has 0 aromatic carbocycles. The van der Waals surface area contributed by atoms with Gasteiger partial charge in [-0.3, -0.25) is 4.79 Å². The van der Waals surface area contributed by atoms with Gasteiger partial charge < -0.3 is 15.1 Å². The fourth-order valence-corrected chi connectivity index (χ4v) is 4.81. The number of unbranched alkanes of at least 4 members (excludes halogenated alkanes) is 3. The first-order valence-electron chi connectivity index (χ1n) is 11.6. The summed E-state index contributed by atoms with van der Waals surface area (Å²) < 4.78 is 0. The van der Waals surface area contributed by atoms with Crippen LogP contribution in [0.1, 0.15) is 80.2 Å². The van der Waals surface area contributed by atoms with Crippen LogP contribution in [0.3, 0.4) is 0 Å². The molecule has 2 N–H and O–H groups in total. The number of thioether (sulfide) groups is 1. The maximum atomic E-state index is 12.9. The highest BCUT2D eigenvalue weighted by atomic mass is 32.2. The number of thiophene rings is 1. The second kappa shape index (κ2) is 16.4.